The summed E-state index contributed by atoms with van der Waals surface area (Å²) in [5.74, 6) is -3.75. The van der Waals surface area contributed by atoms with Gasteiger partial charge in [-0.25, -0.2) is 0 Å². The first-order chi connectivity index (χ1) is 18.5. The van der Waals surface area contributed by atoms with Crippen LogP contribution in [0.4, 0.5) is 0 Å². The van der Waals surface area contributed by atoms with Crippen molar-refractivity contribution in [1.29, 1.82) is 0 Å². The second-order valence-electron chi connectivity index (χ2n) is 7.82. The van der Waals surface area contributed by atoms with Gasteiger partial charge in [-0.1, -0.05) is 32.8 Å². The number of nitrogens with one attached hydrogen (secondary N) is 4. The lowest BCUT2D eigenvalue weighted by Gasteiger charge is -2.18. The molecule has 216 valence electrons. The van der Waals surface area contributed by atoms with Crippen LogP contribution in [0, 0.1) is 0 Å². The number of aliphatic carboxylic acids is 2. The lowest BCUT2D eigenvalue weighted by Crippen LogP contribution is -2.49. The van der Waals surface area contributed by atoms with Gasteiger partial charge in [0.15, 0.2) is 0 Å². The van der Waals surface area contributed by atoms with E-state index in [1.165, 1.54) is 34.7 Å². The zero-order valence-corrected chi connectivity index (χ0v) is 24.0. The number of rotatable bonds is 18. The normalized spacial score (nSPS) is 12.7. The van der Waals surface area contributed by atoms with Crippen molar-refractivity contribution in [3.63, 3.8) is 0 Å². The van der Waals surface area contributed by atoms with Crippen LogP contribution in [0.1, 0.15) is 18.4 Å². The van der Waals surface area contributed by atoms with Crippen LogP contribution in [0.3, 0.4) is 0 Å². The van der Waals surface area contributed by atoms with Crippen LogP contribution in [-0.4, -0.2) is 99.6 Å². The first-order valence-electron chi connectivity index (χ1n) is 11.4. The average Bonchev–Trinajstić information content (AvgIpc) is 2.88. The lowest BCUT2D eigenvalue weighted by atomic mass is 10.1. The van der Waals surface area contributed by atoms with Gasteiger partial charge in [0.05, 0.1) is 4.47 Å². The highest BCUT2D eigenvalue weighted by Crippen LogP contribution is 2.24. The molecular weight excluding hydrogens is 622 g/mol. The Morgan fingerprint density at radius 2 is 1.79 bits per heavy atom. The number of phenolic OH excluding ortho intramolecular Hbond substituents is 1. The number of likely N-dealkylation sites (N-methyl/N-ethyl adjacent to an activating group) is 1. The molecule has 0 aliphatic heterocycles. The maximum atomic E-state index is 12.4. The fourth-order valence-corrected chi connectivity index (χ4v) is 5.40. The third kappa shape index (κ3) is 13.6. The maximum Gasteiger partial charge on any atom is 0.322 e. The molecule has 0 aromatic heterocycles. The van der Waals surface area contributed by atoms with Crippen molar-refractivity contribution >= 4 is 72.9 Å². The van der Waals surface area contributed by atoms with Crippen LogP contribution in [0.25, 0.3) is 0 Å². The molecule has 3 amide bonds. The highest BCUT2D eigenvalue weighted by Gasteiger charge is 2.23. The monoisotopic (exact) mass is 651 g/mol. The summed E-state index contributed by atoms with van der Waals surface area (Å²) in [7, 11) is 3.92. The predicted octanol–water partition coefficient (Wildman–Crippen LogP) is 0.163. The molecular formula is C22H30BrN5O9S2. The minimum absolute atomic E-state index is 0.00806. The maximum absolute atomic E-state index is 12.4. The Hall–Kier alpha value is -3.02. The first-order valence-corrected chi connectivity index (χ1v) is 14.7. The van der Waals surface area contributed by atoms with Crippen molar-refractivity contribution in [2.45, 2.75) is 31.3 Å². The number of carbonyl (C=O) groups excluding carboxylic acids is 3. The number of hydrogen-bond acceptors (Lipinski definition) is 11. The molecule has 0 bridgehead atoms. The Labute approximate surface area is 240 Å². The number of carboxylic acids is 2. The minimum atomic E-state index is -1.26. The van der Waals surface area contributed by atoms with Crippen molar-refractivity contribution in [3.05, 3.63) is 28.2 Å². The van der Waals surface area contributed by atoms with Gasteiger partial charge in [0.2, 0.25) is 11.8 Å². The zero-order chi connectivity index (χ0) is 29.4. The van der Waals surface area contributed by atoms with Crippen molar-refractivity contribution in [2.24, 2.45) is 5.16 Å². The van der Waals surface area contributed by atoms with Crippen LogP contribution in [0.15, 0.2) is 27.8 Å². The van der Waals surface area contributed by atoms with Crippen LogP contribution in [0.2, 0.25) is 0 Å². The highest BCUT2D eigenvalue weighted by atomic mass is 79.9. The summed E-state index contributed by atoms with van der Waals surface area (Å²) in [5.41, 5.74) is 0.498. The third-order valence-electron chi connectivity index (χ3n) is 4.93. The van der Waals surface area contributed by atoms with Gasteiger partial charge in [-0.05, 0) is 47.1 Å². The van der Waals surface area contributed by atoms with Crippen molar-refractivity contribution in [2.75, 3.05) is 31.6 Å². The van der Waals surface area contributed by atoms with E-state index in [1.54, 1.807) is 12.1 Å². The second kappa shape index (κ2) is 18.3. The topological polar surface area (TPSA) is 227 Å². The van der Waals surface area contributed by atoms with E-state index < -0.39 is 48.3 Å². The van der Waals surface area contributed by atoms with E-state index in [2.05, 4.69) is 42.4 Å². The Bertz CT molecular complexity index is 1060. The van der Waals surface area contributed by atoms with E-state index in [4.69, 9.17) is 10.2 Å². The number of carboxylic acid groups (broad SMARTS) is 2. The number of halogens is 1. The molecule has 1 rings (SSSR count). The molecule has 0 unspecified atom stereocenters. The summed E-state index contributed by atoms with van der Waals surface area (Å²) in [5, 5.41) is 49.5. The van der Waals surface area contributed by atoms with E-state index in [-0.39, 0.29) is 43.0 Å². The van der Waals surface area contributed by atoms with Crippen molar-refractivity contribution in [1.82, 2.24) is 21.3 Å². The minimum Gasteiger partial charge on any atom is -0.507 e. The van der Waals surface area contributed by atoms with E-state index in [9.17, 15) is 34.3 Å². The Morgan fingerprint density at radius 3 is 2.38 bits per heavy atom. The fourth-order valence-electron chi connectivity index (χ4n) is 2.90. The van der Waals surface area contributed by atoms with Gasteiger partial charge < -0.3 is 41.8 Å². The Balaban J connectivity index is 2.52. The molecule has 1 aromatic carbocycles. The number of benzene rings is 1. The second-order valence-corrected chi connectivity index (χ2v) is 11.3. The summed E-state index contributed by atoms with van der Waals surface area (Å²) in [4.78, 5) is 58.8. The lowest BCUT2D eigenvalue weighted by molar-refractivity contribution is -0.139. The number of hydrogen-bond donors (Lipinski definition) is 8. The number of aromatic hydroxyl groups is 1. The molecule has 0 fully saturated rings. The average molecular weight is 653 g/mol. The molecule has 0 heterocycles. The van der Waals surface area contributed by atoms with Crippen LogP contribution in [0.5, 0.6) is 5.75 Å². The smallest absolute Gasteiger partial charge is 0.322 e. The van der Waals surface area contributed by atoms with Crippen LogP contribution >= 0.6 is 37.5 Å². The van der Waals surface area contributed by atoms with E-state index in [0.29, 0.717) is 15.8 Å². The first kappa shape index (κ1) is 34.0. The van der Waals surface area contributed by atoms with Gasteiger partial charge in [0.25, 0.3) is 5.91 Å². The molecule has 0 radical (unpaired) electrons. The zero-order valence-electron chi connectivity index (χ0n) is 20.8. The Kier molecular flexibility index (Phi) is 16.0. The molecule has 0 saturated heterocycles. The molecule has 1 aromatic rings. The summed E-state index contributed by atoms with van der Waals surface area (Å²) in [6, 6.07) is 2.60. The van der Waals surface area contributed by atoms with Gasteiger partial charge in [-0.3, -0.25) is 24.0 Å². The summed E-state index contributed by atoms with van der Waals surface area (Å²) in [6.07, 6.45) is -0.149. The van der Waals surface area contributed by atoms with Gasteiger partial charge in [0, 0.05) is 30.9 Å². The quantitative estimate of drug-likeness (QED) is 0.0349. The van der Waals surface area contributed by atoms with Crippen molar-refractivity contribution < 1.29 is 44.5 Å². The van der Waals surface area contributed by atoms with Gasteiger partial charge in [-0.15, -0.1) is 0 Å². The molecule has 0 aliphatic rings. The summed E-state index contributed by atoms with van der Waals surface area (Å²) >= 11 is 3.17. The van der Waals surface area contributed by atoms with Gasteiger partial charge in [-0.2, -0.15) is 0 Å². The molecule has 0 saturated carbocycles. The molecule has 2 atom stereocenters. The van der Waals surface area contributed by atoms with E-state index in [1.807, 2.05) is 0 Å². The molecule has 0 spiro atoms. The molecule has 39 heavy (non-hydrogen) atoms. The van der Waals surface area contributed by atoms with Crippen LogP contribution < -0.4 is 21.3 Å². The number of phenols is 1. The molecule has 14 nitrogen and oxygen atoms in total. The van der Waals surface area contributed by atoms with Gasteiger partial charge >= 0.3 is 11.9 Å². The number of carbonyl (C=O) groups is 5. The Morgan fingerprint density at radius 1 is 1.08 bits per heavy atom. The SMILES string of the molecule is CN[C@@H](CCC(=O)N[C@@H](CSSCCNC(=O)C(Cc1ccc(O)c(Br)c1)=NO)C(=O)NCC(=O)O)C(=O)O. The van der Waals surface area contributed by atoms with E-state index >= 15 is 0 Å². The molecule has 17 heteroatoms. The fraction of sp³-hybridized carbons (Fsp3) is 0.455. The van der Waals surface area contributed by atoms with Crippen LogP contribution in [-0.2, 0) is 30.4 Å². The number of amides is 3. The predicted molar refractivity (Wildman–Crippen MR) is 149 cm³/mol. The molecule has 0 aliphatic carbocycles. The molecule has 8 N–H and O–H groups in total. The third-order valence-corrected chi connectivity index (χ3v) is 7.98. The van der Waals surface area contributed by atoms with E-state index in [0.717, 1.165) is 0 Å². The number of oxime groups is 1. The number of nitrogens with zero attached hydrogens (tertiary/aromatic N) is 1. The summed E-state index contributed by atoms with van der Waals surface area (Å²) < 4.78 is 0.430. The summed E-state index contributed by atoms with van der Waals surface area (Å²) in [6.45, 7) is -0.441. The highest BCUT2D eigenvalue weighted by molar-refractivity contribution is 9.10. The standard InChI is InChI=1S/C22H30BrN5O9S2/c1-24-14(22(35)36)3-5-18(30)27-16(21(34)26-10-19(31)32)11-39-38-7-6-25-20(33)15(28-37)9-12-2-4-17(29)13(23)8-12/h2,4,8,14,16,24,29,37H,3,5-7,9-11H2,1H3,(H,25,33)(H,26,34)(H,27,30)(H,31,32)(H,35,36)/t14-,16-/m0/s1. The largest absolute Gasteiger partial charge is 0.507 e. The van der Waals surface area contributed by atoms with Gasteiger partial charge in [0.1, 0.15) is 30.1 Å². The van der Waals surface area contributed by atoms with Crippen molar-refractivity contribution in [3.8, 4) is 5.75 Å².